The molecule has 2 saturated carbocycles. The van der Waals surface area contributed by atoms with Crippen molar-refractivity contribution in [2.45, 2.75) is 51.6 Å². The minimum Gasteiger partial charge on any atom is -0.507 e. The maximum absolute atomic E-state index is 14.4. The lowest BCUT2D eigenvalue weighted by molar-refractivity contribution is -0.156. The number of carboxylic acids is 1. The lowest BCUT2D eigenvalue weighted by Crippen LogP contribution is -2.49. The summed E-state index contributed by atoms with van der Waals surface area (Å²) in [6, 6.07) is 9.11. The van der Waals surface area contributed by atoms with Crippen molar-refractivity contribution in [3.05, 3.63) is 59.5 Å². The number of phenols is 1. The molecule has 0 amide bonds. The lowest BCUT2D eigenvalue weighted by Gasteiger charge is -2.57. The normalized spacial score (nSPS) is 24.1. The van der Waals surface area contributed by atoms with E-state index in [2.05, 4.69) is 0 Å². The number of aromatic nitrogens is 1. The van der Waals surface area contributed by atoms with Gasteiger partial charge < -0.3 is 14.8 Å². The van der Waals surface area contributed by atoms with Crippen molar-refractivity contribution in [2.24, 2.45) is 11.3 Å². The number of aromatic hydroxyl groups is 1. The number of carbonyl (C=O) groups is 1. The predicted molar refractivity (Wildman–Crippen MR) is 116 cm³/mol. The molecule has 1 spiro atoms. The molecule has 1 heterocycles. The summed E-state index contributed by atoms with van der Waals surface area (Å²) < 4.78 is 57.6. The first kappa shape index (κ1) is 23.1. The van der Waals surface area contributed by atoms with E-state index in [1.54, 1.807) is 0 Å². The van der Waals surface area contributed by atoms with Gasteiger partial charge in [0.05, 0.1) is 11.4 Å². The molecule has 4 nitrogen and oxygen atoms in total. The number of nitrogens with zero attached hydrogens (tertiary/aromatic N) is 1. The topological polar surface area (TPSA) is 62.5 Å². The third kappa shape index (κ3) is 3.75. The van der Waals surface area contributed by atoms with Crippen LogP contribution < -0.4 is 0 Å². The van der Waals surface area contributed by atoms with Gasteiger partial charge in [0, 0.05) is 11.1 Å². The van der Waals surface area contributed by atoms with Crippen LogP contribution in [0.1, 0.15) is 56.7 Å². The molecule has 33 heavy (non-hydrogen) atoms. The van der Waals surface area contributed by atoms with Crippen LogP contribution >= 0.6 is 0 Å². The monoisotopic (exact) mass is 463 g/mol. The molecule has 2 aromatic carbocycles. The molecule has 3 aromatic rings. The van der Waals surface area contributed by atoms with Crippen LogP contribution in [0.25, 0.3) is 16.6 Å². The Morgan fingerprint density at radius 3 is 2.18 bits per heavy atom. The molecule has 176 valence electrons. The SMILES string of the molecule is CC.O=C(O)C1CC2(C1)CC(c1c(C(F)(F)F)n(-c3ccc(F)cc3)c3cccc(O)c13)C2. The van der Waals surface area contributed by atoms with E-state index in [-0.39, 0.29) is 33.3 Å². The molecule has 2 aliphatic carbocycles. The Hall–Kier alpha value is -3.03. The Morgan fingerprint density at radius 2 is 1.64 bits per heavy atom. The molecule has 0 aliphatic heterocycles. The largest absolute Gasteiger partial charge is 0.507 e. The zero-order chi connectivity index (χ0) is 24.1. The van der Waals surface area contributed by atoms with Gasteiger partial charge in [-0.25, -0.2) is 4.39 Å². The van der Waals surface area contributed by atoms with Crippen LogP contribution in [0, 0.1) is 17.2 Å². The van der Waals surface area contributed by atoms with Crippen molar-refractivity contribution in [1.82, 2.24) is 4.57 Å². The van der Waals surface area contributed by atoms with Gasteiger partial charge in [-0.05, 0) is 79.0 Å². The van der Waals surface area contributed by atoms with E-state index in [4.69, 9.17) is 5.11 Å². The first-order chi connectivity index (χ1) is 15.6. The summed E-state index contributed by atoms with van der Waals surface area (Å²) in [5.74, 6) is -2.54. The van der Waals surface area contributed by atoms with Gasteiger partial charge in [-0.15, -0.1) is 0 Å². The van der Waals surface area contributed by atoms with Gasteiger partial charge in [-0.2, -0.15) is 13.2 Å². The van der Waals surface area contributed by atoms with Gasteiger partial charge in [0.25, 0.3) is 0 Å². The maximum Gasteiger partial charge on any atom is 0.432 e. The number of hydrogen-bond acceptors (Lipinski definition) is 2. The van der Waals surface area contributed by atoms with Crippen LogP contribution in [-0.2, 0) is 11.0 Å². The van der Waals surface area contributed by atoms with Gasteiger partial charge in [0.15, 0.2) is 0 Å². The van der Waals surface area contributed by atoms with Crippen LogP contribution in [0.3, 0.4) is 0 Å². The van der Waals surface area contributed by atoms with Crippen molar-refractivity contribution < 1.29 is 32.6 Å². The summed E-state index contributed by atoms with van der Waals surface area (Å²) >= 11 is 0. The highest BCUT2D eigenvalue weighted by Crippen LogP contribution is 2.66. The summed E-state index contributed by atoms with van der Waals surface area (Å²) in [6.07, 6.45) is -2.85. The number of carboxylic acid groups (broad SMARTS) is 1. The summed E-state index contributed by atoms with van der Waals surface area (Å²) in [5.41, 5.74) is -0.712. The zero-order valence-corrected chi connectivity index (χ0v) is 18.3. The Balaban J connectivity index is 0.00000126. The molecule has 0 atom stereocenters. The second-order valence-corrected chi connectivity index (χ2v) is 8.79. The predicted octanol–water partition coefficient (Wildman–Crippen LogP) is 6.88. The van der Waals surface area contributed by atoms with Gasteiger partial charge in [-0.3, -0.25) is 4.79 Å². The molecule has 0 unspecified atom stereocenters. The summed E-state index contributed by atoms with van der Waals surface area (Å²) in [4.78, 5) is 11.1. The fourth-order valence-electron chi connectivity index (χ4n) is 5.57. The molecule has 2 fully saturated rings. The van der Waals surface area contributed by atoms with Crippen LogP contribution in [0.5, 0.6) is 5.75 Å². The third-order valence-electron chi connectivity index (χ3n) is 6.84. The van der Waals surface area contributed by atoms with Gasteiger partial charge >= 0.3 is 12.1 Å². The van der Waals surface area contributed by atoms with E-state index in [0.29, 0.717) is 25.7 Å². The highest BCUT2D eigenvalue weighted by Gasteiger charge is 2.57. The molecule has 5 rings (SSSR count). The molecule has 0 radical (unpaired) electrons. The van der Waals surface area contributed by atoms with Gasteiger partial charge in [0.1, 0.15) is 17.3 Å². The second-order valence-electron chi connectivity index (χ2n) is 8.79. The Bertz CT molecular complexity index is 1180. The van der Waals surface area contributed by atoms with Crippen LogP contribution in [-0.4, -0.2) is 20.7 Å². The first-order valence-electron chi connectivity index (χ1n) is 11.0. The number of aliphatic carboxylic acids is 1. The number of phenolic OH excluding ortho intramolecular Hbond substituents is 1. The summed E-state index contributed by atoms with van der Waals surface area (Å²) in [7, 11) is 0. The highest BCUT2D eigenvalue weighted by molar-refractivity contribution is 5.93. The van der Waals surface area contributed by atoms with Crippen LogP contribution in [0.15, 0.2) is 42.5 Å². The molecular weight excluding hydrogens is 438 g/mol. The standard InChI is InChI=1S/C23H19F4NO3.C2H6/c24-14-4-6-15(7-5-14)28-16-2-1-3-17(29)19(16)18(20(28)23(25,26)27)12-8-22(9-12)10-13(11-22)21(30)31;1-2/h1-7,12-13,29H,8-11H2,(H,30,31);1-2H3. The Labute approximate surface area is 188 Å². The first-order valence-corrected chi connectivity index (χ1v) is 11.0. The smallest absolute Gasteiger partial charge is 0.432 e. The van der Waals surface area contributed by atoms with Crippen LogP contribution in [0.4, 0.5) is 17.6 Å². The minimum absolute atomic E-state index is 0.0364. The quantitative estimate of drug-likeness (QED) is 0.416. The fourth-order valence-corrected chi connectivity index (χ4v) is 5.57. The van der Waals surface area contributed by atoms with Gasteiger partial charge in [0.2, 0.25) is 0 Å². The average Bonchev–Trinajstić information content (AvgIpc) is 3.04. The van der Waals surface area contributed by atoms with Crippen molar-refractivity contribution in [1.29, 1.82) is 0 Å². The number of halogens is 4. The molecule has 0 saturated heterocycles. The minimum atomic E-state index is -4.71. The van der Waals surface area contributed by atoms with Crippen molar-refractivity contribution in [3.63, 3.8) is 0 Å². The van der Waals surface area contributed by atoms with E-state index in [1.165, 1.54) is 30.3 Å². The molecule has 2 aliphatic rings. The Kier molecular flexibility index (Phi) is 5.66. The van der Waals surface area contributed by atoms with Crippen molar-refractivity contribution >= 4 is 16.9 Å². The number of hydrogen-bond donors (Lipinski definition) is 2. The van der Waals surface area contributed by atoms with Gasteiger partial charge in [-0.1, -0.05) is 19.9 Å². The van der Waals surface area contributed by atoms with E-state index in [1.807, 2.05) is 13.8 Å². The third-order valence-corrected chi connectivity index (χ3v) is 6.84. The van der Waals surface area contributed by atoms with E-state index in [0.717, 1.165) is 16.7 Å². The number of rotatable bonds is 3. The van der Waals surface area contributed by atoms with E-state index in [9.17, 15) is 27.5 Å². The van der Waals surface area contributed by atoms with E-state index < -0.39 is 35.5 Å². The second kappa shape index (κ2) is 8.08. The number of benzene rings is 2. The highest BCUT2D eigenvalue weighted by atomic mass is 19.4. The molecular formula is C25H25F4NO3. The molecule has 2 N–H and O–H groups in total. The number of fused-ring (bicyclic) bond motifs is 1. The Morgan fingerprint density at radius 1 is 1.03 bits per heavy atom. The van der Waals surface area contributed by atoms with Crippen molar-refractivity contribution in [3.8, 4) is 11.4 Å². The number of alkyl halides is 3. The van der Waals surface area contributed by atoms with Crippen LogP contribution in [0.2, 0.25) is 0 Å². The lowest BCUT2D eigenvalue weighted by atomic mass is 9.47. The molecule has 1 aromatic heterocycles. The van der Waals surface area contributed by atoms with E-state index >= 15 is 0 Å². The maximum atomic E-state index is 14.4. The molecule has 8 heteroatoms. The zero-order valence-electron chi connectivity index (χ0n) is 18.3. The summed E-state index contributed by atoms with van der Waals surface area (Å²) in [5, 5.41) is 19.8. The average molecular weight is 463 g/mol. The summed E-state index contributed by atoms with van der Waals surface area (Å²) in [6.45, 7) is 4.00. The fraction of sp³-hybridized carbons (Fsp3) is 0.400. The van der Waals surface area contributed by atoms with Crippen molar-refractivity contribution in [2.75, 3.05) is 0 Å². The molecule has 0 bridgehead atoms.